The van der Waals surface area contributed by atoms with Gasteiger partial charge < -0.3 is 15.7 Å². The third kappa shape index (κ3) is 2.62. The summed E-state index contributed by atoms with van der Waals surface area (Å²) in [6.07, 6.45) is 2.70. The molecule has 1 saturated heterocycles. The molecular formula is C11H11N3O4. The Morgan fingerprint density at radius 3 is 2.83 bits per heavy atom. The fourth-order valence-corrected chi connectivity index (χ4v) is 1.66. The topological polar surface area (TPSA) is 108 Å². The van der Waals surface area contributed by atoms with Gasteiger partial charge in [-0.25, -0.2) is 4.79 Å². The van der Waals surface area contributed by atoms with E-state index in [9.17, 15) is 14.4 Å². The van der Waals surface area contributed by atoms with Crippen LogP contribution < -0.4 is 10.6 Å². The SMILES string of the molecule is O=C1CC(C(=O)Nc2cncc(C(=O)O)c2)CN1. The monoisotopic (exact) mass is 249 g/mol. The number of carboxylic acids is 1. The van der Waals surface area contributed by atoms with Crippen LogP contribution in [0, 0.1) is 5.92 Å². The highest BCUT2D eigenvalue weighted by atomic mass is 16.4. The number of carboxylic acid groups (broad SMARTS) is 1. The van der Waals surface area contributed by atoms with Gasteiger partial charge in [0.05, 0.1) is 23.4 Å². The molecule has 1 aromatic rings. The maximum Gasteiger partial charge on any atom is 0.337 e. The van der Waals surface area contributed by atoms with Crippen LogP contribution in [0.4, 0.5) is 5.69 Å². The first-order chi connectivity index (χ1) is 8.56. The molecule has 1 aromatic heterocycles. The number of anilines is 1. The van der Waals surface area contributed by atoms with Crippen molar-refractivity contribution in [3.63, 3.8) is 0 Å². The molecule has 94 valence electrons. The van der Waals surface area contributed by atoms with Gasteiger partial charge in [0.1, 0.15) is 0 Å². The van der Waals surface area contributed by atoms with Crippen LogP contribution in [0.5, 0.6) is 0 Å². The van der Waals surface area contributed by atoms with E-state index in [-0.39, 0.29) is 23.8 Å². The number of amides is 2. The molecule has 1 aliphatic heterocycles. The lowest BCUT2D eigenvalue weighted by Gasteiger charge is -2.09. The number of carbonyl (C=O) groups excluding carboxylic acids is 2. The summed E-state index contributed by atoms with van der Waals surface area (Å²) in [5, 5.41) is 13.9. The van der Waals surface area contributed by atoms with E-state index in [0.717, 1.165) is 0 Å². The number of nitrogens with one attached hydrogen (secondary N) is 2. The highest BCUT2D eigenvalue weighted by Crippen LogP contribution is 2.14. The van der Waals surface area contributed by atoms with Crippen molar-refractivity contribution in [3.8, 4) is 0 Å². The summed E-state index contributed by atoms with van der Waals surface area (Å²) in [6, 6.07) is 1.32. The fourth-order valence-electron chi connectivity index (χ4n) is 1.66. The molecule has 3 N–H and O–H groups in total. The minimum Gasteiger partial charge on any atom is -0.478 e. The van der Waals surface area contributed by atoms with Crippen LogP contribution in [0.3, 0.4) is 0 Å². The van der Waals surface area contributed by atoms with Gasteiger partial charge in [-0.15, -0.1) is 0 Å². The quantitative estimate of drug-likeness (QED) is 0.690. The van der Waals surface area contributed by atoms with Crippen molar-refractivity contribution in [2.75, 3.05) is 11.9 Å². The van der Waals surface area contributed by atoms with E-state index in [0.29, 0.717) is 12.2 Å². The number of hydrogen-bond donors (Lipinski definition) is 3. The number of hydrogen-bond acceptors (Lipinski definition) is 4. The first kappa shape index (κ1) is 12.0. The first-order valence-corrected chi connectivity index (χ1v) is 5.32. The first-order valence-electron chi connectivity index (χ1n) is 5.32. The van der Waals surface area contributed by atoms with Crippen molar-refractivity contribution in [2.24, 2.45) is 5.92 Å². The Hall–Kier alpha value is -2.44. The van der Waals surface area contributed by atoms with Crippen molar-refractivity contribution in [1.82, 2.24) is 10.3 Å². The van der Waals surface area contributed by atoms with Crippen molar-refractivity contribution < 1.29 is 19.5 Å². The number of rotatable bonds is 3. The average molecular weight is 249 g/mol. The summed E-state index contributed by atoms with van der Waals surface area (Å²) in [4.78, 5) is 37.2. The van der Waals surface area contributed by atoms with Gasteiger partial charge in [-0.1, -0.05) is 0 Å². The van der Waals surface area contributed by atoms with Crippen molar-refractivity contribution >= 4 is 23.5 Å². The Bertz CT molecular complexity index is 515. The van der Waals surface area contributed by atoms with Crippen LogP contribution >= 0.6 is 0 Å². The predicted octanol–water partition coefficient (Wildman–Crippen LogP) is -0.146. The molecule has 1 fully saturated rings. The van der Waals surface area contributed by atoms with Crippen molar-refractivity contribution in [2.45, 2.75) is 6.42 Å². The minimum atomic E-state index is -1.11. The molecule has 2 amide bonds. The zero-order chi connectivity index (χ0) is 13.1. The summed E-state index contributed by atoms with van der Waals surface area (Å²) < 4.78 is 0. The molecule has 18 heavy (non-hydrogen) atoms. The van der Waals surface area contributed by atoms with E-state index in [4.69, 9.17) is 5.11 Å². The van der Waals surface area contributed by atoms with Crippen LogP contribution in [0.15, 0.2) is 18.5 Å². The number of carbonyl (C=O) groups is 3. The number of pyridine rings is 1. The molecule has 7 heteroatoms. The van der Waals surface area contributed by atoms with E-state index < -0.39 is 11.9 Å². The molecule has 2 heterocycles. The largest absolute Gasteiger partial charge is 0.478 e. The smallest absolute Gasteiger partial charge is 0.337 e. The Labute approximate surface area is 102 Å². The third-order valence-electron chi connectivity index (χ3n) is 2.60. The van der Waals surface area contributed by atoms with Gasteiger partial charge in [0, 0.05) is 19.2 Å². The van der Waals surface area contributed by atoms with Gasteiger partial charge in [-0.2, -0.15) is 0 Å². The zero-order valence-electron chi connectivity index (χ0n) is 9.34. The Morgan fingerprint density at radius 2 is 2.22 bits per heavy atom. The van der Waals surface area contributed by atoms with E-state index in [1.54, 1.807) is 0 Å². The van der Waals surface area contributed by atoms with Gasteiger partial charge >= 0.3 is 5.97 Å². The molecule has 0 radical (unpaired) electrons. The lowest BCUT2D eigenvalue weighted by molar-refractivity contribution is -0.123. The van der Waals surface area contributed by atoms with E-state index in [1.165, 1.54) is 18.5 Å². The van der Waals surface area contributed by atoms with Crippen LogP contribution in [0.25, 0.3) is 0 Å². The number of aromatic carboxylic acids is 1. The minimum absolute atomic E-state index is 0.00609. The van der Waals surface area contributed by atoms with Gasteiger partial charge in [0.2, 0.25) is 11.8 Å². The molecule has 0 aromatic carbocycles. The summed E-state index contributed by atoms with van der Waals surface area (Å²) in [7, 11) is 0. The van der Waals surface area contributed by atoms with Crippen LogP contribution in [-0.4, -0.2) is 34.4 Å². The average Bonchev–Trinajstić information content (AvgIpc) is 2.76. The molecule has 0 spiro atoms. The Balaban J connectivity index is 2.05. The van der Waals surface area contributed by atoms with Gasteiger partial charge in [-0.05, 0) is 6.07 Å². The van der Waals surface area contributed by atoms with E-state index >= 15 is 0 Å². The normalized spacial score (nSPS) is 18.2. The van der Waals surface area contributed by atoms with Gasteiger partial charge in [-0.3, -0.25) is 14.6 Å². The Morgan fingerprint density at radius 1 is 1.44 bits per heavy atom. The lowest BCUT2D eigenvalue weighted by Crippen LogP contribution is -2.24. The molecule has 0 saturated carbocycles. The molecular weight excluding hydrogens is 238 g/mol. The van der Waals surface area contributed by atoms with Gasteiger partial charge in [0.15, 0.2) is 0 Å². The number of aromatic nitrogens is 1. The maximum absolute atomic E-state index is 11.8. The lowest BCUT2D eigenvalue weighted by atomic mass is 10.1. The van der Waals surface area contributed by atoms with Crippen LogP contribution in [-0.2, 0) is 9.59 Å². The van der Waals surface area contributed by atoms with Crippen LogP contribution in [0.2, 0.25) is 0 Å². The second-order valence-corrected chi connectivity index (χ2v) is 3.96. The summed E-state index contributed by atoms with van der Waals surface area (Å²) >= 11 is 0. The summed E-state index contributed by atoms with van der Waals surface area (Å²) in [5.41, 5.74) is 0.299. The zero-order valence-corrected chi connectivity index (χ0v) is 9.34. The van der Waals surface area contributed by atoms with Crippen LogP contribution in [0.1, 0.15) is 16.8 Å². The second kappa shape index (κ2) is 4.82. The molecule has 1 aliphatic rings. The highest BCUT2D eigenvalue weighted by molar-refractivity contribution is 5.98. The second-order valence-electron chi connectivity index (χ2n) is 3.96. The van der Waals surface area contributed by atoms with Crippen molar-refractivity contribution in [1.29, 1.82) is 0 Å². The molecule has 1 unspecified atom stereocenters. The van der Waals surface area contributed by atoms with E-state index in [2.05, 4.69) is 15.6 Å². The number of nitrogens with zero attached hydrogens (tertiary/aromatic N) is 1. The fraction of sp³-hybridized carbons (Fsp3) is 0.273. The molecule has 7 nitrogen and oxygen atoms in total. The molecule has 1 atom stereocenters. The standard InChI is InChI=1S/C11H11N3O4/c15-9-2-6(4-13-9)10(16)14-8-1-7(11(17)18)3-12-5-8/h1,3,5-6H,2,4H2,(H,13,15)(H,14,16)(H,17,18). The van der Waals surface area contributed by atoms with Gasteiger partial charge in [0.25, 0.3) is 0 Å². The summed E-state index contributed by atoms with van der Waals surface area (Å²) in [5.74, 6) is -2.02. The highest BCUT2D eigenvalue weighted by Gasteiger charge is 2.27. The molecule has 0 bridgehead atoms. The molecule has 2 rings (SSSR count). The third-order valence-corrected chi connectivity index (χ3v) is 2.60. The van der Waals surface area contributed by atoms with Crippen molar-refractivity contribution in [3.05, 3.63) is 24.0 Å². The molecule has 0 aliphatic carbocycles. The predicted molar refractivity (Wildman–Crippen MR) is 60.9 cm³/mol. The van der Waals surface area contributed by atoms with E-state index in [1.807, 2.05) is 0 Å². The Kier molecular flexibility index (Phi) is 3.22. The summed E-state index contributed by atoms with van der Waals surface area (Å²) in [6.45, 7) is 0.302. The maximum atomic E-state index is 11.8.